The van der Waals surface area contributed by atoms with Crippen molar-refractivity contribution in [3.63, 3.8) is 0 Å². The maximum Gasteiger partial charge on any atom is 0.330 e. The molecule has 0 aliphatic heterocycles. The molecule has 0 fully saturated rings. The first kappa shape index (κ1) is 11.9. The van der Waals surface area contributed by atoms with Crippen molar-refractivity contribution in [2.45, 2.75) is 4.90 Å². The second kappa shape index (κ2) is 5.68. The number of benzene rings is 1. The molecule has 0 amide bonds. The van der Waals surface area contributed by atoms with E-state index >= 15 is 0 Å². The van der Waals surface area contributed by atoms with Crippen molar-refractivity contribution >= 4 is 35.0 Å². The Bertz CT molecular complexity index is 393. The molecule has 0 unspecified atom stereocenters. The van der Waals surface area contributed by atoms with Crippen LogP contribution in [0, 0.1) is 0 Å². The molecular weight excluding hydrogens is 234 g/mol. The van der Waals surface area contributed by atoms with Crippen molar-refractivity contribution < 1.29 is 9.53 Å². The Morgan fingerprint density at radius 1 is 1.60 bits per heavy atom. The van der Waals surface area contributed by atoms with E-state index in [4.69, 9.17) is 17.3 Å². The number of ether oxygens (including phenoxy) is 1. The van der Waals surface area contributed by atoms with E-state index in [1.54, 1.807) is 17.5 Å². The lowest BCUT2D eigenvalue weighted by atomic mass is 10.3. The Morgan fingerprint density at radius 3 is 2.93 bits per heavy atom. The van der Waals surface area contributed by atoms with Gasteiger partial charge in [0.2, 0.25) is 0 Å². The summed E-state index contributed by atoms with van der Waals surface area (Å²) in [6.45, 7) is 0. The van der Waals surface area contributed by atoms with Gasteiger partial charge in [-0.2, -0.15) is 0 Å². The fourth-order valence-corrected chi connectivity index (χ4v) is 1.73. The number of carbonyl (C=O) groups is 1. The lowest BCUT2D eigenvalue weighted by molar-refractivity contribution is -0.134. The number of anilines is 1. The number of thioether (sulfide) groups is 1. The molecule has 80 valence electrons. The Labute approximate surface area is 97.2 Å². The number of carbonyl (C=O) groups excluding carboxylic acids is 1. The van der Waals surface area contributed by atoms with Crippen LogP contribution >= 0.6 is 23.4 Å². The Morgan fingerprint density at radius 2 is 2.33 bits per heavy atom. The van der Waals surface area contributed by atoms with E-state index in [9.17, 15) is 4.79 Å². The number of hydrogen-bond acceptors (Lipinski definition) is 4. The van der Waals surface area contributed by atoms with Crippen molar-refractivity contribution in [2.24, 2.45) is 0 Å². The first-order valence-electron chi connectivity index (χ1n) is 4.09. The highest BCUT2D eigenvalue weighted by atomic mass is 35.5. The van der Waals surface area contributed by atoms with Crippen molar-refractivity contribution in [1.82, 2.24) is 0 Å². The zero-order valence-corrected chi connectivity index (χ0v) is 9.64. The highest BCUT2D eigenvalue weighted by Crippen LogP contribution is 2.26. The largest absolute Gasteiger partial charge is 0.466 e. The van der Waals surface area contributed by atoms with E-state index < -0.39 is 0 Å². The van der Waals surface area contributed by atoms with E-state index in [2.05, 4.69) is 4.74 Å². The molecule has 0 aliphatic carbocycles. The fourth-order valence-electron chi connectivity index (χ4n) is 0.817. The van der Waals surface area contributed by atoms with Gasteiger partial charge in [0.15, 0.2) is 0 Å². The van der Waals surface area contributed by atoms with Crippen LogP contribution in [0.15, 0.2) is 34.6 Å². The summed E-state index contributed by atoms with van der Waals surface area (Å²) in [5, 5.41) is 2.14. The van der Waals surface area contributed by atoms with Gasteiger partial charge in [-0.25, -0.2) is 4.79 Å². The number of hydrogen-bond donors (Lipinski definition) is 1. The molecule has 1 aromatic rings. The van der Waals surface area contributed by atoms with Crippen LogP contribution in [0.1, 0.15) is 0 Å². The molecule has 0 aromatic heterocycles. The van der Waals surface area contributed by atoms with Gasteiger partial charge in [0.25, 0.3) is 0 Å². The molecule has 0 heterocycles. The molecule has 0 saturated carbocycles. The van der Waals surface area contributed by atoms with Gasteiger partial charge in [0.1, 0.15) is 0 Å². The van der Waals surface area contributed by atoms with Crippen LogP contribution in [0.5, 0.6) is 0 Å². The van der Waals surface area contributed by atoms with Crippen LogP contribution in [-0.4, -0.2) is 13.1 Å². The van der Waals surface area contributed by atoms with E-state index in [0.29, 0.717) is 10.7 Å². The second-order valence-electron chi connectivity index (χ2n) is 2.63. The molecule has 3 nitrogen and oxygen atoms in total. The predicted molar refractivity (Wildman–Crippen MR) is 62.9 cm³/mol. The highest BCUT2D eigenvalue weighted by Gasteiger charge is 1.97. The minimum Gasteiger partial charge on any atom is -0.466 e. The number of nitrogens with two attached hydrogens (primary N) is 1. The van der Waals surface area contributed by atoms with E-state index in [1.165, 1.54) is 24.9 Å². The summed E-state index contributed by atoms with van der Waals surface area (Å²) in [7, 11) is 1.33. The van der Waals surface area contributed by atoms with Crippen LogP contribution in [0.4, 0.5) is 5.69 Å². The number of nitrogen functional groups attached to an aromatic ring is 1. The quantitative estimate of drug-likeness (QED) is 0.384. The van der Waals surface area contributed by atoms with Crippen LogP contribution < -0.4 is 5.73 Å². The summed E-state index contributed by atoms with van der Waals surface area (Å²) in [4.78, 5) is 11.7. The maximum absolute atomic E-state index is 10.8. The fraction of sp³-hybridized carbons (Fsp3) is 0.100. The highest BCUT2D eigenvalue weighted by molar-refractivity contribution is 8.02. The number of halogens is 1. The molecule has 2 N–H and O–H groups in total. The van der Waals surface area contributed by atoms with Crippen molar-refractivity contribution in [3.8, 4) is 0 Å². The first-order valence-corrected chi connectivity index (χ1v) is 5.35. The van der Waals surface area contributed by atoms with Gasteiger partial charge >= 0.3 is 5.97 Å². The second-order valence-corrected chi connectivity index (χ2v) is 4.01. The normalized spacial score (nSPS) is 10.5. The molecule has 0 bridgehead atoms. The topological polar surface area (TPSA) is 52.3 Å². The summed E-state index contributed by atoms with van der Waals surface area (Å²) in [5.74, 6) is -0.385. The van der Waals surface area contributed by atoms with Crippen molar-refractivity contribution in [3.05, 3.63) is 34.7 Å². The van der Waals surface area contributed by atoms with Gasteiger partial charge in [-0.3, -0.25) is 0 Å². The standard InChI is InChI=1S/C10H10ClNO2S/c1-14-10(13)4-5-15-7-2-3-9(12)8(11)6-7/h2-6H,12H2,1H3. The lowest BCUT2D eigenvalue weighted by Gasteiger charge is -2.00. The lowest BCUT2D eigenvalue weighted by Crippen LogP contribution is -1.92. The molecule has 0 radical (unpaired) electrons. The van der Waals surface area contributed by atoms with Crippen molar-refractivity contribution in [2.75, 3.05) is 12.8 Å². The molecule has 0 atom stereocenters. The van der Waals surface area contributed by atoms with Gasteiger partial charge in [0.05, 0.1) is 17.8 Å². The van der Waals surface area contributed by atoms with Gasteiger partial charge in [-0.15, -0.1) is 0 Å². The molecule has 0 aliphatic rings. The summed E-state index contributed by atoms with van der Waals surface area (Å²) in [5.41, 5.74) is 6.09. The SMILES string of the molecule is COC(=O)C=CSc1ccc(N)c(Cl)c1. The van der Waals surface area contributed by atoms with E-state index in [-0.39, 0.29) is 5.97 Å². The average Bonchev–Trinajstić information content (AvgIpc) is 2.23. The first-order chi connectivity index (χ1) is 7.13. The number of esters is 1. The van der Waals surface area contributed by atoms with Gasteiger partial charge in [0, 0.05) is 11.0 Å². The van der Waals surface area contributed by atoms with Crippen molar-refractivity contribution in [1.29, 1.82) is 0 Å². The maximum atomic E-state index is 10.8. The summed E-state index contributed by atoms with van der Waals surface area (Å²) in [6, 6.07) is 5.29. The van der Waals surface area contributed by atoms with Crippen LogP contribution in [0.25, 0.3) is 0 Å². The molecule has 0 saturated heterocycles. The van der Waals surface area contributed by atoms with E-state index in [1.807, 2.05) is 6.07 Å². The van der Waals surface area contributed by atoms with Crippen LogP contribution in [0.2, 0.25) is 5.02 Å². The van der Waals surface area contributed by atoms with Gasteiger partial charge < -0.3 is 10.5 Å². The third kappa shape index (κ3) is 3.85. The Kier molecular flexibility index (Phi) is 4.52. The minimum atomic E-state index is -0.385. The molecular formula is C10H10ClNO2S. The Balaban J connectivity index is 2.62. The van der Waals surface area contributed by atoms with Gasteiger partial charge in [-0.05, 0) is 23.6 Å². The molecule has 1 rings (SSSR count). The predicted octanol–water partition coefficient (Wildman–Crippen LogP) is 2.70. The minimum absolute atomic E-state index is 0.385. The smallest absolute Gasteiger partial charge is 0.330 e. The Hall–Kier alpha value is -1.13. The molecule has 15 heavy (non-hydrogen) atoms. The average molecular weight is 244 g/mol. The zero-order valence-electron chi connectivity index (χ0n) is 8.07. The van der Waals surface area contributed by atoms with Gasteiger partial charge in [-0.1, -0.05) is 23.4 Å². The molecule has 1 aromatic carbocycles. The monoisotopic (exact) mass is 243 g/mol. The third-order valence-electron chi connectivity index (χ3n) is 1.58. The van der Waals surface area contributed by atoms with E-state index in [0.717, 1.165) is 4.90 Å². The zero-order chi connectivity index (χ0) is 11.3. The number of rotatable bonds is 3. The molecule has 0 spiro atoms. The third-order valence-corrected chi connectivity index (χ3v) is 2.71. The van der Waals surface area contributed by atoms with Crippen LogP contribution in [-0.2, 0) is 9.53 Å². The molecule has 5 heteroatoms. The summed E-state index contributed by atoms with van der Waals surface area (Å²) >= 11 is 7.19. The van der Waals surface area contributed by atoms with Crippen LogP contribution in [0.3, 0.4) is 0 Å². The summed E-state index contributed by atoms with van der Waals surface area (Å²) < 4.78 is 4.45. The summed E-state index contributed by atoms with van der Waals surface area (Å²) in [6.07, 6.45) is 1.34. The number of methoxy groups -OCH3 is 1.